The van der Waals surface area contributed by atoms with Crippen molar-refractivity contribution in [2.45, 2.75) is 25.3 Å². The second kappa shape index (κ2) is 5.26. The van der Waals surface area contributed by atoms with E-state index in [1.54, 1.807) is 4.68 Å². The number of nitrogens with zero attached hydrogens (tertiary/aromatic N) is 4. The number of carboxylic acids is 1. The number of morpholine rings is 1. The second-order valence-corrected chi connectivity index (χ2v) is 5.08. The van der Waals surface area contributed by atoms with Gasteiger partial charge in [-0.3, -0.25) is 4.90 Å². The van der Waals surface area contributed by atoms with Gasteiger partial charge in [0.25, 0.3) is 0 Å². The Morgan fingerprint density at radius 3 is 2.68 bits per heavy atom. The summed E-state index contributed by atoms with van der Waals surface area (Å²) in [7, 11) is 0. The van der Waals surface area contributed by atoms with Crippen LogP contribution in [0, 0.1) is 0 Å². The first kappa shape index (κ1) is 12.6. The van der Waals surface area contributed by atoms with Crippen LogP contribution in [-0.2, 0) is 11.3 Å². The van der Waals surface area contributed by atoms with Crippen molar-refractivity contribution in [3.8, 4) is 0 Å². The maximum Gasteiger partial charge on any atom is 0.358 e. The molecule has 0 aromatic carbocycles. The minimum atomic E-state index is -0.973. The van der Waals surface area contributed by atoms with Crippen LogP contribution in [0.3, 0.4) is 0 Å². The summed E-state index contributed by atoms with van der Waals surface area (Å²) in [4.78, 5) is 13.4. The first-order valence-corrected chi connectivity index (χ1v) is 6.72. The molecule has 1 saturated carbocycles. The molecular weight excluding hydrogens is 248 g/mol. The van der Waals surface area contributed by atoms with Gasteiger partial charge in [-0.15, -0.1) is 5.10 Å². The Balaban J connectivity index is 1.68. The van der Waals surface area contributed by atoms with E-state index in [0.717, 1.165) is 51.4 Å². The van der Waals surface area contributed by atoms with E-state index in [9.17, 15) is 4.79 Å². The largest absolute Gasteiger partial charge is 0.476 e. The zero-order chi connectivity index (χ0) is 13.2. The zero-order valence-corrected chi connectivity index (χ0v) is 10.8. The fourth-order valence-electron chi connectivity index (χ4n) is 2.46. The van der Waals surface area contributed by atoms with Crippen molar-refractivity contribution < 1.29 is 14.6 Å². The lowest BCUT2D eigenvalue weighted by Gasteiger charge is -2.26. The summed E-state index contributed by atoms with van der Waals surface area (Å²) in [5.74, 6) is -0.634. The third-order valence-electron chi connectivity index (χ3n) is 3.67. The van der Waals surface area contributed by atoms with Crippen molar-refractivity contribution in [1.29, 1.82) is 0 Å². The van der Waals surface area contributed by atoms with Crippen molar-refractivity contribution in [3.63, 3.8) is 0 Å². The minimum absolute atomic E-state index is 0.129. The molecule has 2 aliphatic rings. The van der Waals surface area contributed by atoms with Crippen LogP contribution in [0.2, 0.25) is 0 Å². The second-order valence-electron chi connectivity index (χ2n) is 5.08. The van der Waals surface area contributed by atoms with Crippen LogP contribution >= 0.6 is 0 Å². The van der Waals surface area contributed by atoms with Gasteiger partial charge in [-0.05, 0) is 12.8 Å². The maximum absolute atomic E-state index is 11.1. The predicted molar refractivity (Wildman–Crippen MR) is 66.2 cm³/mol. The Kier molecular flexibility index (Phi) is 3.48. The van der Waals surface area contributed by atoms with Gasteiger partial charge in [0.15, 0.2) is 5.69 Å². The highest BCUT2D eigenvalue weighted by Crippen LogP contribution is 2.41. The molecule has 0 spiro atoms. The van der Waals surface area contributed by atoms with Crippen LogP contribution in [0.4, 0.5) is 0 Å². The molecule has 0 amide bonds. The molecular formula is C12H18N4O3. The van der Waals surface area contributed by atoms with Gasteiger partial charge >= 0.3 is 5.97 Å². The molecule has 7 heteroatoms. The summed E-state index contributed by atoms with van der Waals surface area (Å²) in [6, 6.07) is 0. The molecule has 2 heterocycles. The number of carboxylic acid groups (broad SMARTS) is 1. The fraction of sp³-hybridized carbons (Fsp3) is 0.750. The van der Waals surface area contributed by atoms with Crippen LogP contribution in [0.5, 0.6) is 0 Å². The third-order valence-corrected chi connectivity index (χ3v) is 3.67. The van der Waals surface area contributed by atoms with Gasteiger partial charge in [0.05, 0.1) is 25.5 Å². The van der Waals surface area contributed by atoms with Crippen molar-refractivity contribution in [2.24, 2.45) is 0 Å². The highest BCUT2D eigenvalue weighted by Gasteiger charge is 2.33. The first-order valence-electron chi connectivity index (χ1n) is 6.72. The van der Waals surface area contributed by atoms with Crippen LogP contribution in [-0.4, -0.2) is 63.8 Å². The Morgan fingerprint density at radius 1 is 1.32 bits per heavy atom. The van der Waals surface area contributed by atoms with Crippen molar-refractivity contribution in [3.05, 3.63) is 11.4 Å². The van der Waals surface area contributed by atoms with Crippen molar-refractivity contribution >= 4 is 5.97 Å². The Hall–Kier alpha value is -1.47. The smallest absolute Gasteiger partial charge is 0.358 e. The molecule has 1 aromatic rings. The Morgan fingerprint density at radius 2 is 2.05 bits per heavy atom. The summed E-state index contributed by atoms with van der Waals surface area (Å²) in [6.07, 6.45) is 2.09. The molecule has 7 nitrogen and oxygen atoms in total. The van der Waals surface area contributed by atoms with Gasteiger partial charge in [0.2, 0.25) is 0 Å². The quantitative estimate of drug-likeness (QED) is 0.819. The van der Waals surface area contributed by atoms with E-state index in [4.69, 9.17) is 9.84 Å². The summed E-state index contributed by atoms with van der Waals surface area (Å²) in [5, 5.41) is 17.0. The number of carbonyl (C=O) groups is 1. The molecule has 0 unspecified atom stereocenters. The molecule has 1 saturated heterocycles. The summed E-state index contributed by atoms with van der Waals surface area (Å²) in [6.45, 7) is 4.97. The molecule has 3 rings (SSSR count). The van der Waals surface area contributed by atoms with Crippen LogP contribution < -0.4 is 0 Å². The number of aromatic carboxylic acids is 1. The number of aromatic nitrogens is 3. The topological polar surface area (TPSA) is 80.5 Å². The molecule has 1 N–H and O–H groups in total. The highest BCUT2D eigenvalue weighted by molar-refractivity contribution is 5.86. The van der Waals surface area contributed by atoms with Gasteiger partial charge in [0, 0.05) is 25.6 Å². The number of ether oxygens (including phenoxy) is 1. The Labute approximate surface area is 111 Å². The SMILES string of the molecule is O=C(O)c1nnn(CCN2CCOCC2)c1C1CC1. The van der Waals surface area contributed by atoms with E-state index < -0.39 is 5.97 Å². The molecule has 1 aliphatic carbocycles. The lowest BCUT2D eigenvalue weighted by Crippen LogP contribution is -2.38. The van der Waals surface area contributed by atoms with Crippen LogP contribution in [0.1, 0.15) is 34.9 Å². The first-order chi connectivity index (χ1) is 9.25. The minimum Gasteiger partial charge on any atom is -0.476 e. The van der Waals surface area contributed by atoms with E-state index in [2.05, 4.69) is 15.2 Å². The Bertz CT molecular complexity index is 464. The predicted octanol–water partition coefficient (Wildman–Crippen LogP) is 0.186. The summed E-state index contributed by atoms with van der Waals surface area (Å²) in [5.41, 5.74) is 0.935. The van der Waals surface area contributed by atoms with E-state index >= 15 is 0 Å². The lowest BCUT2D eigenvalue weighted by molar-refractivity contribution is 0.0358. The van der Waals surface area contributed by atoms with E-state index in [1.165, 1.54) is 0 Å². The van der Waals surface area contributed by atoms with Gasteiger partial charge in [-0.25, -0.2) is 9.48 Å². The van der Waals surface area contributed by atoms with Gasteiger partial charge in [-0.1, -0.05) is 5.21 Å². The van der Waals surface area contributed by atoms with Gasteiger partial charge in [0.1, 0.15) is 0 Å². The van der Waals surface area contributed by atoms with E-state index in [-0.39, 0.29) is 5.69 Å². The summed E-state index contributed by atoms with van der Waals surface area (Å²) < 4.78 is 7.08. The van der Waals surface area contributed by atoms with Gasteiger partial charge < -0.3 is 9.84 Å². The standard InChI is InChI=1S/C12H18N4O3/c17-12(18)10-11(9-1-2-9)16(14-13-10)4-3-15-5-7-19-8-6-15/h9H,1-8H2,(H,17,18). The van der Waals surface area contributed by atoms with Crippen molar-refractivity contribution in [2.75, 3.05) is 32.8 Å². The molecule has 0 radical (unpaired) electrons. The maximum atomic E-state index is 11.1. The zero-order valence-electron chi connectivity index (χ0n) is 10.8. The number of rotatable bonds is 5. The molecule has 19 heavy (non-hydrogen) atoms. The lowest BCUT2D eigenvalue weighted by atomic mass is 10.2. The van der Waals surface area contributed by atoms with E-state index in [0.29, 0.717) is 12.5 Å². The molecule has 0 atom stereocenters. The summed E-state index contributed by atoms with van der Waals surface area (Å²) >= 11 is 0. The average molecular weight is 266 g/mol. The third kappa shape index (κ3) is 2.76. The number of hydrogen-bond acceptors (Lipinski definition) is 5. The van der Waals surface area contributed by atoms with E-state index in [1.807, 2.05) is 0 Å². The monoisotopic (exact) mass is 266 g/mol. The molecule has 104 valence electrons. The van der Waals surface area contributed by atoms with Crippen LogP contribution in [0.25, 0.3) is 0 Å². The number of hydrogen-bond donors (Lipinski definition) is 1. The fourth-order valence-corrected chi connectivity index (χ4v) is 2.46. The average Bonchev–Trinajstić information content (AvgIpc) is 3.17. The van der Waals surface area contributed by atoms with Crippen molar-refractivity contribution in [1.82, 2.24) is 19.9 Å². The molecule has 0 bridgehead atoms. The molecule has 1 aromatic heterocycles. The normalized spacial score (nSPS) is 20.6. The highest BCUT2D eigenvalue weighted by atomic mass is 16.5. The van der Waals surface area contributed by atoms with Gasteiger partial charge in [-0.2, -0.15) is 0 Å². The molecule has 1 aliphatic heterocycles. The molecule has 2 fully saturated rings. The van der Waals surface area contributed by atoms with Crippen LogP contribution in [0.15, 0.2) is 0 Å².